The van der Waals surface area contributed by atoms with Gasteiger partial charge in [-0.3, -0.25) is 9.59 Å². The summed E-state index contributed by atoms with van der Waals surface area (Å²) >= 11 is 0. The molecular formula is C12H16N2O5. The zero-order chi connectivity index (χ0) is 14.0. The molecule has 1 N–H and O–H groups in total. The van der Waals surface area contributed by atoms with Gasteiger partial charge in [-0.25, -0.2) is 0 Å². The van der Waals surface area contributed by atoms with E-state index in [0.717, 1.165) is 0 Å². The summed E-state index contributed by atoms with van der Waals surface area (Å²) in [7, 11) is 0. The van der Waals surface area contributed by atoms with Gasteiger partial charge in [0.25, 0.3) is 5.91 Å². The zero-order valence-electron chi connectivity index (χ0n) is 10.9. The van der Waals surface area contributed by atoms with E-state index in [1.807, 2.05) is 0 Å². The molecule has 0 aromatic carbocycles. The van der Waals surface area contributed by atoms with Gasteiger partial charge >= 0.3 is 5.97 Å². The van der Waals surface area contributed by atoms with Gasteiger partial charge in [0.2, 0.25) is 0 Å². The molecule has 2 heterocycles. The Kier molecular flexibility index (Phi) is 3.84. The van der Waals surface area contributed by atoms with Gasteiger partial charge in [-0.05, 0) is 13.8 Å². The van der Waals surface area contributed by atoms with Gasteiger partial charge in [-0.15, -0.1) is 0 Å². The van der Waals surface area contributed by atoms with Crippen molar-refractivity contribution < 1.29 is 24.0 Å². The fourth-order valence-electron chi connectivity index (χ4n) is 2.17. The fraction of sp³-hybridized carbons (Fsp3) is 0.583. The summed E-state index contributed by atoms with van der Waals surface area (Å²) in [6.45, 7) is 4.45. The third-order valence-electron chi connectivity index (χ3n) is 3.08. The number of hydrogen-bond donors (Lipinski definition) is 1. The van der Waals surface area contributed by atoms with E-state index in [1.165, 1.54) is 0 Å². The summed E-state index contributed by atoms with van der Waals surface area (Å²) in [6.07, 6.45) is -0.568. The minimum Gasteiger partial charge on any atom is -0.481 e. The molecule has 1 aromatic heterocycles. The van der Waals surface area contributed by atoms with Gasteiger partial charge in [0.1, 0.15) is 11.3 Å². The van der Waals surface area contributed by atoms with Gasteiger partial charge in [-0.2, -0.15) is 0 Å². The molecule has 2 rings (SSSR count). The molecule has 19 heavy (non-hydrogen) atoms. The average Bonchev–Trinajstić information content (AvgIpc) is 2.68. The molecule has 1 fully saturated rings. The van der Waals surface area contributed by atoms with E-state index in [-0.39, 0.29) is 18.9 Å². The van der Waals surface area contributed by atoms with Crippen LogP contribution in [-0.4, -0.2) is 52.8 Å². The molecule has 1 aliphatic heterocycles. The normalized spacial score (nSPS) is 19.5. The van der Waals surface area contributed by atoms with Gasteiger partial charge in [0.05, 0.1) is 24.8 Å². The van der Waals surface area contributed by atoms with Crippen LogP contribution in [0.5, 0.6) is 0 Å². The first-order valence-corrected chi connectivity index (χ1v) is 6.04. The van der Waals surface area contributed by atoms with E-state index < -0.39 is 12.1 Å². The van der Waals surface area contributed by atoms with Crippen LogP contribution in [-0.2, 0) is 9.53 Å². The third-order valence-corrected chi connectivity index (χ3v) is 3.08. The second-order valence-corrected chi connectivity index (χ2v) is 4.54. The number of nitrogens with zero attached hydrogens (tertiary/aromatic N) is 2. The molecule has 7 heteroatoms. The van der Waals surface area contributed by atoms with Crippen LogP contribution < -0.4 is 0 Å². The number of amides is 1. The van der Waals surface area contributed by atoms with Crippen LogP contribution in [0.15, 0.2) is 4.52 Å². The Hall–Kier alpha value is -1.89. The van der Waals surface area contributed by atoms with Crippen LogP contribution >= 0.6 is 0 Å². The molecule has 7 nitrogen and oxygen atoms in total. The summed E-state index contributed by atoms with van der Waals surface area (Å²) in [5.74, 6) is -0.643. The Balaban J connectivity index is 2.09. The van der Waals surface area contributed by atoms with Crippen LogP contribution in [0.25, 0.3) is 0 Å². The summed E-state index contributed by atoms with van der Waals surface area (Å²) < 4.78 is 10.3. The van der Waals surface area contributed by atoms with Crippen LogP contribution in [0.3, 0.4) is 0 Å². The zero-order valence-corrected chi connectivity index (χ0v) is 10.9. The van der Waals surface area contributed by atoms with Gasteiger partial charge in [0.15, 0.2) is 0 Å². The van der Waals surface area contributed by atoms with Crippen molar-refractivity contribution in [3.63, 3.8) is 0 Å². The number of ether oxygens (including phenoxy) is 1. The maximum atomic E-state index is 12.4. The summed E-state index contributed by atoms with van der Waals surface area (Å²) in [4.78, 5) is 24.6. The highest BCUT2D eigenvalue weighted by molar-refractivity contribution is 5.96. The molecule has 1 aromatic rings. The lowest BCUT2D eigenvalue weighted by molar-refractivity contribution is -0.141. The molecule has 0 spiro atoms. The van der Waals surface area contributed by atoms with Crippen molar-refractivity contribution in [1.29, 1.82) is 0 Å². The van der Waals surface area contributed by atoms with Crippen molar-refractivity contribution >= 4 is 11.9 Å². The minimum absolute atomic E-state index is 0.106. The molecule has 1 saturated heterocycles. The number of morpholine rings is 1. The molecule has 0 bridgehead atoms. The highest BCUT2D eigenvalue weighted by atomic mass is 16.5. The van der Waals surface area contributed by atoms with Crippen molar-refractivity contribution in [2.24, 2.45) is 0 Å². The van der Waals surface area contributed by atoms with Crippen molar-refractivity contribution in [3.8, 4) is 0 Å². The summed E-state index contributed by atoms with van der Waals surface area (Å²) in [5.41, 5.74) is 1.000. The number of aliphatic carboxylic acids is 1. The first-order chi connectivity index (χ1) is 8.99. The predicted octanol–water partition coefficient (Wildman–Crippen LogP) is 0.607. The van der Waals surface area contributed by atoms with Gasteiger partial charge < -0.3 is 19.3 Å². The number of aromatic nitrogens is 1. The lowest BCUT2D eigenvalue weighted by Crippen LogP contribution is -2.46. The van der Waals surface area contributed by atoms with Crippen molar-refractivity contribution in [2.45, 2.75) is 26.4 Å². The van der Waals surface area contributed by atoms with Crippen molar-refractivity contribution in [2.75, 3.05) is 19.7 Å². The SMILES string of the molecule is Cc1noc(C)c1C(=O)N1CCOC(CC(=O)O)C1. The van der Waals surface area contributed by atoms with Crippen LogP contribution in [0, 0.1) is 13.8 Å². The predicted molar refractivity (Wildman–Crippen MR) is 63.9 cm³/mol. The Morgan fingerprint density at radius 2 is 2.21 bits per heavy atom. The molecular weight excluding hydrogens is 252 g/mol. The van der Waals surface area contributed by atoms with Crippen molar-refractivity contribution in [1.82, 2.24) is 10.1 Å². The quantitative estimate of drug-likeness (QED) is 0.863. The number of aryl methyl sites for hydroxylation is 2. The molecule has 1 atom stereocenters. The Labute approximate surface area is 110 Å². The monoisotopic (exact) mass is 268 g/mol. The lowest BCUT2D eigenvalue weighted by atomic mass is 10.1. The van der Waals surface area contributed by atoms with E-state index in [0.29, 0.717) is 30.2 Å². The number of rotatable bonds is 3. The Bertz CT molecular complexity index is 477. The number of carbonyl (C=O) groups is 2. The van der Waals surface area contributed by atoms with Crippen molar-refractivity contribution in [3.05, 3.63) is 17.0 Å². The second-order valence-electron chi connectivity index (χ2n) is 4.54. The van der Waals surface area contributed by atoms with Crippen LogP contribution in [0.2, 0.25) is 0 Å². The summed E-state index contributed by atoms with van der Waals surface area (Å²) in [6, 6.07) is 0. The second kappa shape index (κ2) is 5.40. The Morgan fingerprint density at radius 1 is 1.47 bits per heavy atom. The van der Waals surface area contributed by atoms with Gasteiger partial charge in [0, 0.05) is 13.1 Å². The fourth-order valence-corrected chi connectivity index (χ4v) is 2.17. The molecule has 104 valence electrons. The molecule has 0 saturated carbocycles. The van der Waals surface area contributed by atoms with Crippen LogP contribution in [0.4, 0.5) is 0 Å². The first-order valence-electron chi connectivity index (χ1n) is 6.04. The van der Waals surface area contributed by atoms with Gasteiger partial charge in [-0.1, -0.05) is 5.16 Å². The number of carboxylic acids is 1. The smallest absolute Gasteiger partial charge is 0.306 e. The molecule has 1 amide bonds. The molecule has 0 aliphatic carbocycles. The topological polar surface area (TPSA) is 92.9 Å². The first kappa shape index (κ1) is 13.5. The Morgan fingerprint density at radius 3 is 2.79 bits per heavy atom. The number of carboxylic acid groups (broad SMARTS) is 1. The molecule has 0 radical (unpaired) electrons. The number of carbonyl (C=O) groups excluding carboxylic acids is 1. The maximum Gasteiger partial charge on any atom is 0.306 e. The van der Waals surface area contributed by atoms with Crippen LogP contribution in [0.1, 0.15) is 28.2 Å². The standard InChI is InChI=1S/C12H16N2O5/c1-7-11(8(2)19-13-7)12(17)14-3-4-18-9(6-14)5-10(15)16/h9H,3-6H2,1-2H3,(H,15,16). The van der Waals surface area contributed by atoms with E-state index in [2.05, 4.69) is 5.16 Å². The number of hydrogen-bond acceptors (Lipinski definition) is 5. The van der Waals surface area contributed by atoms with E-state index in [1.54, 1.807) is 18.7 Å². The molecule has 1 unspecified atom stereocenters. The molecule has 1 aliphatic rings. The van der Waals surface area contributed by atoms with E-state index in [4.69, 9.17) is 14.4 Å². The highest BCUT2D eigenvalue weighted by Gasteiger charge is 2.29. The third kappa shape index (κ3) is 2.93. The maximum absolute atomic E-state index is 12.4. The highest BCUT2D eigenvalue weighted by Crippen LogP contribution is 2.18. The largest absolute Gasteiger partial charge is 0.481 e. The minimum atomic E-state index is -0.934. The average molecular weight is 268 g/mol. The summed E-state index contributed by atoms with van der Waals surface area (Å²) in [5, 5.41) is 12.5. The van der Waals surface area contributed by atoms with E-state index in [9.17, 15) is 9.59 Å². The van der Waals surface area contributed by atoms with E-state index >= 15 is 0 Å². The lowest BCUT2D eigenvalue weighted by Gasteiger charge is -2.32.